The first-order chi connectivity index (χ1) is 6.86. The lowest BCUT2D eigenvalue weighted by Gasteiger charge is -2.04. The predicted molar refractivity (Wildman–Crippen MR) is 56.6 cm³/mol. The molecule has 1 aromatic heterocycles. The molecule has 14 heavy (non-hydrogen) atoms. The standard InChI is InChI=1S/C11H14O2S/c12-11(10-3-5-13-7-10)2-1-9-4-6-14-8-9/h4,6,8,10H,1-3,5,7H2. The third-order valence-electron chi connectivity index (χ3n) is 2.63. The van der Waals surface area contributed by atoms with Crippen molar-refractivity contribution in [2.75, 3.05) is 13.2 Å². The number of ketones is 1. The number of carbonyl (C=O) groups excluding carboxylic acids is 1. The van der Waals surface area contributed by atoms with Crippen molar-refractivity contribution in [1.29, 1.82) is 0 Å². The molecule has 1 aliphatic rings. The number of thiophene rings is 1. The average Bonchev–Trinajstić information content (AvgIpc) is 2.87. The number of hydrogen-bond donors (Lipinski definition) is 0. The van der Waals surface area contributed by atoms with E-state index in [0.29, 0.717) is 18.8 Å². The van der Waals surface area contributed by atoms with Crippen LogP contribution in [0.1, 0.15) is 18.4 Å². The molecule has 0 aromatic carbocycles. The highest BCUT2D eigenvalue weighted by Gasteiger charge is 2.22. The molecule has 1 aliphatic heterocycles. The molecular formula is C11H14O2S. The zero-order valence-electron chi connectivity index (χ0n) is 8.07. The van der Waals surface area contributed by atoms with E-state index in [1.807, 2.05) is 0 Å². The summed E-state index contributed by atoms with van der Waals surface area (Å²) in [5.74, 6) is 0.544. The number of hydrogen-bond acceptors (Lipinski definition) is 3. The number of rotatable bonds is 4. The monoisotopic (exact) mass is 210 g/mol. The number of ether oxygens (including phenoxy) is 1. The van der Waals surface area contributed by atoms with Gasteiger partial charge in [0.15, 0.2) is 0 Å². The summed E-state index contributed by atoms with van der Waals surface area (Å²) in [6, 6.07) is 2.09. The van der Waals surface area contributed by atoms with E-state index in [2.05, 4.69) is 16.8 Å². The summed E-state index contributed by atoms with van der Waals surface area (Å²) in [6.07, 6.45) is 2.48. The van der Waals surface area contributed by atoms with Gasteiger partial charge in [0.05, 0.1) is 6.61 Å². The topological polar surface area (TPSA) is 26.3 Å². The second-order valence-corrected chi connectivity index (χ2v) is 4.44. The Morgan fingerprint density at radius 2 is 2.57 bits per heavy atom. The van der Waals surface area contributed by atoms with E-state index in [4.69, 9.17) is 4.74 Å². The van der Waals surface area contributed by atoms with E-state index in [9.17, 15) is 4.79 Å². The van der Waals surface area contributed by atoms with Crippen LogP contribution in [0.5, 0.6) is 0 Å². The van der Waals surface area contributed by atoms with Crippen molar-refractivity contribution >= 4 is 17.1 Å². The molecule has 2 rings (SSSR count). The molecule has 0 spiro atoms. The normalized spacial score (nSPS) is 21.3. The van der Waals surface area contributed by atoms with Crippen LogP contribution in [-0.2, 0) is 16.0 Å². The van der Waals surface area contributed by atoms with Gasteiger partial charge < -0.3 is 4.74 Å². The van der Waals surface area contributed by atoms with Crippen LogP contribution in [0.25, 0.3) is 0 Å². The van der Waals surface area contributed by atoms with Gasteiger partial charge in [-0.2, -0.15) is 11.3 Å². The number of Topliss-reactive ketones (excluding diaryl/α,β-unsaturated/α-hetero) is 1. The van der Waals surface area contributed by atoms with Crippen LogP contribution in [0.2, 0.25) is 0 Å². The summed E-state index contributed by atoms with van der Waals surface area (Å²) < 4.78 is 5.20. The predicted octanol–water partition coefficient (Wildman–Crippen LogP) is 2.29. The van der Waals surface area contributed by atoms with Crippen molar-refractivity contribution in [3.05, 3.63) is 22.4 Å². The summed E-state index contributed by atoms with van der Waals surface area (Å²) in [6.45, 7) is 1.40. The molecule has 0 amide bonds. The van der Waals surface area contributed by atoms with E-state index >= 15 is 0 Å². The summed E-state index contributed by atoms with van der Waals surface area (Å²) in [4.78, 5) is 11.7. The van der Waals surface area contributed by atoms with Crippen LogP contribution in [-0.4, -0.2) is 19.0 Å². The zero-order valence-corrected chi connectivity index (χ0v) is 8.89. The van der Waals surface area contributed by atoms with E-state index in [0.717, 1.165) is 19.4 Å². The molecule has 3 heteroatoms. The Kier molecular flexibility index (Phi) is 3.32. The highest BCUT2D eigenvalue weighted by molar-refractivity contribution is 7.07. The molecule has 1 saturated heterocycles. The van der Waals surface area contributed by atoms with Gasteiger partial charge in [-0.25, -0.2) is 0 Å². The van der Waals surface area contributed by atoms with Gasteiger partial charge >= 0.3 is 0 Å². The lowest BCUT2D eigenvalue weighted by atomic mass is 9.98. The third-order valence-corrected chi connectivity index (χ3v) is 3.36. The molecule has 0 radical (unpaired) electrons. The molecule has 1 fully saturated rings. The fraction of sp³-hybridized carbons (Fsp3) is 0.545. The van der Waals surface area contributed by atoms with Crippen molar-refractivity contribution in [1.82, 2.24) is 0 Å². The van der Waals surface area contributed by atoms with Gasteiger partial charge in [0.1, 0.15) is 5.78 Å². The number of carbonyl (C=O) groups is 1. The van der Waals surface area contributed by atoms with Crippen molar-refractivity contribution in [2.45, 2.75) is 19.3 Å². The lowest BCUT2D eigenvalue weighted by molar-refractivity contribution is -0.122. The minimum atomic E-state index is 0.175. The zero-order chi connectivity index (χ0) is 9.80. The second-order valence-electron chi connectivity index (χ2n) is 3.66. The van der Waals surface area contributed by atoms with Crippen molar-refractivity contribution < 1.29 is 9.53 Å². The Morgan fingerprint density at radius 3 is 3.21 bits per heavy atom. The van der Waals surface area contributed by atoms with Crippen LogP contribution in [0.4, 0.5) is 0 Å². The van der Waals surface area contributed by atoms with Gasteiger partial charge in [-0.15, -0.1) is 0 Å². The van der Waals surface area contributed by atoms with E-state index in [1.165, 1.54) is 5.56 Å². The van der Waals surface area contributed by atoms with Crippen LogP contribution in [0, 0.1) is 5.92 Å². The Hall–Kier alpha value is -0.670. The highest BCUT2D eigenvalue weighted by atomic mass is 32.1. The quantitative estimate of drug-likeness (QED) is 0.762. The van der Waals surface area contributed by atoms with Crippen molar-refractivity contribution in [2.24, 2.45) is 5.92 Å². The van der Waals surface area contributed by atoms with Crippen LogP contribution >= 0.6 is 11.3 Å². The summed E-state index contributed by atoms with van der Waals surface area (Å²) >= 11 is 1.69. The maximum atomic E-state index is 11.7. The highest BCUT2D eigenvalue weighted by Crippen LogP contribution is 2.17. The third kappa shape index (κ3) is 2.42. The average molecular weight is 210 g/mol. The molecule has 0 saturated carbocycles. The Balaban J connectivity index is 1.77. The van der Waals surface area contributed by atoms with E-state index in [-0.39, 0.29) is 5.92 Å². The van der Waals surface area contributed by atoms with Gasteiger partial charge in [0.25, 0.3) is 0 Å². The van der Waals surface area contributed by atoms with Crippen molar-refractivity contribution in [3.8, 4) is 0 Å². The van der Waals surface area contributed by atoms with Gasteiger partial charge in [0, 0.05) is 18.9 Å². The van der Waals surface area contributed by atoms with Gasteiger partial charge in [-0.1, -0.05) is 0 Å². The molecule has 1 aromatic rings. The Morgan fingerprint density at radius 1 is 1.64 bits per heavy atom. The lowest BCUT2D eigenvalue weighted by Crippen LogP contribution is -2.14. The van der Waals surface area contributed by atoms with Crippen molar-refractivity contribution in [3.63, 3.8) is 0 Å². The first-order valence-electron chi connectivity index (χ1n) is 4.98. The second kappa shape index (κ2) is 4.71. The fourth-order valence-corrected chi connectivity index (χ4v) is 2.40. The maximum Gasteiger partial charge on any atom is 0.138 e. The van der Waals surface area contributed by atoms with E-state index in [1.54, 1.807) is 11.3 Å². The summed E-state index contributed by atoms with van der Waals surface area (Å²) in [5.41, 5.74) is 1.28. The Labute approximate surface area is 87.9 Å². The minimum Gasteiger partial charge on any atom is -0.381 e. The minimum absolute atomic E-state index is 0.175. The largest absolute Gasteiger partial charge is 0.381 e. The molecule has 2 nitrogen and oxygen atoms in total. The molecule has 0 aliphatic carbocycles. The van der Waals surface area contributed by atoms with E-state index < -0.39 is 0 Å². The van der Waals surface area contributed by atoms with Gasteiger partial charge in [-0.3, -0.25) is 4.79 Å². The SMILES string of the molecule is O=C(CCc1ccsc1)C1CCOC1. The van der Waals surface area contributed by atoms with Crippen LogP contribution < -0.4 is 0 Å². The molecule has 76 valence electrons. The first-order valence-corrected chi connectivity index (χ1v) is 5.92. The molecular weight excluding hydrogens is 196 g/mol. The smallest absolute Gasteiger partial charge is 0.138 e. The summed E-state index contributed by atoms with van der Waals surface area (Å²) in [5, 5.41) is 4.16. The Bertz CT molecular complexity index is 286. The first kappa shape index (κ1) is 9.87. The molecule has 1 atom stereocenters. The molecule has 1 unspecified atom stereocenters. The van der Waals surface area contributed by atoms with Crippen LogP contribution in [0.15, 0.2) is 16.8 Å². The van der Waals surface area contributed by atoms with Gasteiger partial charge in [0.2, 0.25) is 0 Å². The fourth-order valence-electron chi connectivity index (χ4n) is 1.70. The van der Waals surface area contributed by atoms with Crippen LogP contribution in [0.3, 0.4) is 0 Å². The molecule has 0 N–H and O–H groups in total. The van der Waals surface area contributed by atoms with Gasteiger partial charge in [-0.05, 0) is 35.2 Å². The molecule has 0 bridgehead atoms. The summed E-state index contributed by atoms with van der Waals surface area (Å²) in [7, 11) is 0. The molecule has 2 heterocycles. The number of aryl methyl sites for hydroxylation is 1. The maximum absolute atomic E-state index is 11.7.